The van der Waals surface area contributed by atoms with Crippen LogP contribution in [0.3, 0.4) is 0 Å². The van der Waals surface area contributed by atoms with Gasteiger partial charge in [-0.05, 0) is 54.7 Å². The molecule has 3 aromatic carbocycles. The van der Waals surface area contributed by atoms with Gasteiger partial charge in [0.15, 0.2) is 5.76 Å². The first-order valence-electron chi connectivity index (χ1n) is 9.76. The molecule has 1 aromatic heterocycles. The normalized spacial score (nSPS) is 10.9. The van der Waals surface area contributed by atoms with Crippen LogP contribution in [0, 0.1) is 6.92 Å². The molecule has 0 radical (unpaired) electrons. The molecule has 0 bridgehead atoms. The third-order valence-corrected chi connectivity index (χ3v) is 5.21. The Balaban J connectivity index is 1.72. The molecule has 0 spiro atoms. The van der Waals surface area contributed by atoms with Crippen LogP contribution in [0.2, 0.25) is 0 Å². The number of rotatable bonds is 6. The summed E-state index contributed by atoms with van der Waals surface area (Å²) in [5.41, 5.74) is 4.84. The van der Waals surface area contributed by atoms with Gasteiger partial charge in [-0.1, -0.05) is 47.6 Å². The monoisotopic (exact) mass is 401 g/mol. The van der Waals surface area contributed by atoms with Gasteiger partial charge in [0.1, 0.15) is 17.2 Å². The topological polar surface area (TPSA) is 75.7 Å². The van der Waals surface area contributed by atoms with Crippen molar-refractivity contribution >= 4 is 0 Å². The first-order valence-corrected chi connectivity index (χ1v) is 9.76. The number of hydrogen-bond donors (Lipinski definition) is 2. The van der Waals surface area contributed by atoms with E-state index in [1.807, 2.05) is 49.4 Å². The van der Waals surface area contributed by atoms with Crippen molar-refractivity contribution in [2.45, 2.75) is 19.8 Å². The first kappa shape index (κ1) is 19.6. The first-order chi connectivity index (χ1) is 14.6. The van der Waals surface area contributed by atoms with Crippen LogP contribution in [-0.2, 0) is 12.8 Å². The largest absolute Gasteiger partial charge is 0.508 e. The molecule has 0 saturated heterocycles. The van der Waals surface area contributed by atoms with Crippen LogP contribution >= 0.6 is 0 Å². The summed E-state index contributed by atoms with van der Waals surface area (Å²) in [5.74, 6) is 1.23. The molecule has 0 atom stereocenters. The summed E-state index contributed by atoms with van der Waals surface area (Å²) in [4.78, 5) is 0. The Morgan fingerprint density at radius 3 is 2.33 bits per heavy atom. The maximum absolute atomic E-state index is 10.5. The SMILES string of the molecule is COc1ccc(-c2c(C)noc2-c2cc(CCc3ccccc3)c(O)cc2O)cc1. The molecular weight excluding hydrogens is 378 g/mol. The van der Waals surface area contributed by atoms with Gasteiger partial charge in [-0.25, -0.2) is 0 Å². The van der Waals surface area contributed by atoms with Gasteiger partial charge in [0.05, 0.1) is 23.9 Å². The van der Waals surface area contributed by atoms with Crippen LogP contribution in [0.15, 0.2) is 71.3 Å². The van der Waals surface area contributed by atoms with Crippen LogP contribution in [0.5, 0.6) is 17.2 Å². The average molecular weight is 401 g/mol. The highest BCUT2D eigenvalue weighted by atomic mass is 16.5. The summed E-state index contributed by atoms with van der Waals surface area (Å²) in [7, 11) is 1.62. The van der Waals surface area contributed by atoms with E-state index in [9.17, 15) is 10.2 Å². The zero-order valence-corrected chi connectivity index (χ0v) is 16.9. The number of aromatic nitrogens is 1. The van der Waals surface area contributed by atoms with E-state index < -0.39 is 0 Å². The second-order valence-electron chi connectivity index (χ2n) is 7.18. The quantitative estimate of drug-likeness (QED) is 0.445. The zero-order chi connectivity index (χ0) is 21.1. The van der Waals surface area contributed by atoms with E-state index in [0.29, 0.717) is 23.4 Å². The van der Waals surface area contributed by atoms with Gasteiger partial charge in [-0.3, -0.25) is 0 Å². The number of methoxy groups -OCH3 is 1. The maximum atomic E-state index is 10.5. The summed E-state index contributed by atoms with van der Waals surface area (Å²) in [6, 6.07) is 20.8. The molecule has 0 aliphatic heterocycles. The molecule has 0 fully saturated rings. The molecule has 4 aromatic rings. The molecule has 0 amide bonds. The van der Waals surface area contributed by atoms with E-state index in [0.717, 1.165) is 28.9 Å². The highest BCUT2D eigenvalue weighted by Gasteiger charge is 2.21. The van der Waals surface area contributed by atoms with Crippen molar-refractivity contribution in [1.82, 2.24) is 5.16 Å². The molecule has 0 unspecified atom stereocenters. The smallest absolute Gasteiger partial charge is 0.178 e. The summed E-state index contributed by atoms with van der Waals surface area (Å²) in [6.07, 6.45) is 1.41. The van der Waals surface area contributed by atoms with Crippen molar-refractivity contribution in [1.29, 1.82) is 0 Å². The molecule has 5 nitrogen and oxygen atoms in total. The van der Waals surface area contributed by atoms with Crippen LogP contribution < -0.4 is 4.74 Å². The second-order valence-corrected chi connectivity index (χ2v) is 7.18. The lowest BCUT2D eigenvalue weighted by Gasteiger charge is -2.11. The van der Waals surface area contributed by atoms with E-state index in [-0.39, 0.29) is 11.5 Å². The van der Waals surface area contributed by atoms with Crippen molar-refractivity contribution < 1.29 is 19.5 Å². The summed E-state index contributed by atoms with van der Waals surface area (Å²) < 4.78 is 10.8. The number of ether oxygens (including phenoxy) is 1. The summed E-state index contributed by atoms with van der Waals surface area (Å²) in [6.45, 7) is 1.86. The van der Waals surface area contributed by atoms with Gasteiger partial charge in [0.25, 0.3) is 0 Å². The van der Waals surface area contributed by atoms with Gasteiger partial charge >= 0.3 is 0 Å². The predicted molar refractivity (Wildman–Crippen MR) is 116 cm³/mol. The van der Waals surface area contributed by atoms with Crippen molar-refractivity contribution in [3.8, 4) is 39.7 Å². The fourth-order valence-corrected chi connectivity index (χ4v) is 3.58. The Kier molecular flexibility index (Phi) is 5.44. The predicted octanol–water partition coefficient (Wildman–Crippen LogP) is 5.52. The Bertz CT molecular complexity index is 1150. The van der Waals surface area contributed by atoms with Gasteiger partial charge in [-0.2, -0.15) is 0 Å². The van der Waals surface area contributed by atoms with Crippen molar-refractivity contribution in [2.75, 3.05) is 7.11 Å². The van der Waals surface area contributed by atoms with E-state index in [2.05, 4.69) is 17.3 Å². The average Bonchev–Trinajstić information content (AvgIpc) is 3.15. The summed E-state index contributed by atoms with van der Waals surface area (Å²) in [5, 5.41) is 25.0. The molecule has 0 saturated carbocycles. The van der Waals surface area contributed by atoms with Gasteiger partial charge in [0, 0.05) is 6.07 Å². The van der Waals surface area contributed by atoms with Gasteiger partial charge in [-0.15, -0.1) is 0 Å². The van der Waals surface area contributed by atoms with Crippen molar-refractivity contribution in [3.05, 3.63) is 83.6 Å². The van der Waals surface area contributed by atoms with E-state index in [4.69, 9.17) is 9.26 Å². The number of benzene rings is 3. The molecule has 2 N–H and O–H groups in total. The number of phenolic OH excluding ortho intramolecular Hbond substituents is 2. The molecular formula is C25H23NO4. The molecule has 0 aliphatic carbocycles. The minimum Gasteiger partial charge on any atom is -0.508 e. The fraction of sp³-hybridized carbons (Fsp3) is 0.160. The number of phenols is 2. The Labute approximate surface area is 175 Å². The molecule has 5 heteroatoms. The molecule has 4 rings (SSSR count). The minimum atomic E-state index is -0.0538. The third-order valence-electron chi connectivity index (χ3n) is 5.21. The van der Waals surface area contributed by atoms with Crippen molar-refractivity contribution in [3.63, 3.8) is 0 Å². The van der Waals surface area contributed by atoms with Gasteiger partial charge in [0.2, 0.25) is 0 Å². The highest BCUT2D eigenvalue weighted by Crippen LogP contribution is 2.41. The Hall–Kier alpha value is -3.73. The minimum absolute atomic E-state index is 0.0538. The molecule has 152 valence electrons. The van der Waals surface area contributed by atoms with Crippen LogP contribution in [0.1, 0.15) is 16.8 Å². The van der Waals surface area contributed by atoms with E-state index >= 15 is 0 Å². The van der Waals surface area contributed by atoms with E-state index in [1.165, 1.54) is 11.6 Å². The van der Waals surface area contributed by atoms with E-state index in [1.54, 1.807) is 13.2 Å². The van der Waals surface area contributed by atoms with Crippen molar-refractivity contribution in [2.24, 2.45) is 0 Å². The zero-order valence-electron chi connectivity index (χ0n) is 16.9. The third kappa shape index (κ3) is 3.87. The maximum Gasteiger partial charge on any atom is 0.178 e. The Morgan fingerprint density at radius 2 is 1.63 bits per heavy atom. The van der Waals surface area contributed by atoms with Crippen LogP contribution in [0.4, 0.5) is 0 Å². The fourth-order valence-electron chi connectivity index (χ4n) is 3.58. The summed E-state index contributed by atoms with van der Waals surface area (Å²) >= 11 is 0. The molecule has 0 aliphatic rings. The molecule has 1 heterocycles. The molecule has 30 heavy (non-hydrogen) atoms. The Morgan fingerprint density at radius 1 is 0.900 bits per heavy atom. The van der Waals surface area contributed by atoms with Crippen LogP contribution in [-0.4, -0.2) is 22.5 Å². The number of nitrogens with zero attached hydrogens (tertiary/aromatic N) is 1. The number of hydrogen-bond acceptors (Lipinski definition) is 5. The lowest BCUT2D eigenvalue weighted by molar-refractivity contribution is 0.415. The lowest BCUT2D eigenvalue weighted by Crippen LogP contribution is -1.93. The second kappa shape index (κ2) is 8.33. The number of aromatic hydroxyl groups is 2. The standard InChI is InChI=1S/C25H23NO4/c1-16-24(18-10-12-20(29-2)13-11-18)25(30-26-16)21-14-19(22(27)15-23(21)28)9-8-17-6-4-3-5-7-17/h3-7,10-15,27-28H,8-9H2,1-2H3. The lowest BCUT2D eigenvalue weighted by atomic mass is 9.96. The van der Waals surface area contributed by atoms with Crippen LogP contribution in [0.25, 0.3) is 22.5 Å². The number of aryl methyl sites for hydroxylation is 3. The van der Waals surface area contributed by atoms with Gasteiger partial charge < -0.3 is 19.5 Å². The highest BCUT2D eigenvalue weighted by molar-refractivity contribution is 5.84.